The van der Waals surface area contributed by atoms with Crippen molar-refractivity contribution in [2.45, 2.75) is 38.3 Å². The minimum atomic E-state index is -0.701. The SMILES string of the molecule is Cc1ccc(C(=O)NC(Cc2ccccc2)C(=O)NC2CC2)cc1NC(=O)c1ccco1. The first-order valence-corrected chi connectivity index (χ1v) is 10.6. The largest absolute Gasteiger partial charge is 0.459 e. The maximum atomic E-state index is 13.0. The number of carbonyl (C=O) groups excluding carboxylic acids is 3. The van der Waals surface area contributed by atoms with Crippen LogP contribution in [0.15, 0.2) is 71.3 Å². The zero-order chi connectivity index (χ0) is 22.5. The lowest BCUT2D eigenvalue weighted by molar-refractivity contribution is -0.123. The van der Waals surface area contributed by atoms with Gasteiger partial charge in [-0.05, 0) is 55.2 Å². The quantitative estimate of drug-likeness (QED) is 0.508. The van der Waals surface area contributed by atoms with Crippen LogP contribution in [0.25, 0.3) is 0 Å². The number of hydrogen-bond donors (Lipinski definition) is 3. The average Bonchev–Trinajstić information content (AvgIpc) is 3.43. The number of furan rings is 1. The van der Waals surface area contributed by atoms with E-state index in [0.717, 1.165) is 24.0 Å². The molecule has 1 aliphatic carbocycles. The predicted molar refractivity (Wildman–Crippen MR) is 120 cm³/mol. The van der Waals surface area contributed by atoms with Gasteiger partial charge in [0.2, 0.25) is 5.91 Å². The fourth-order valence-electron chi connectivity index (χ4n) is 3.32. The Morgan fingerprint density at radius 1 is 1.00 bits per heavy atom. The normalized spacial score (nSPS) is 13.8. The average molecular weight is 431 g/mol. The van der Waals surface area contributed by atoms with Crippen molar-refractivity contribution in [3.05, 3.63) is 89.4 Å². The van der Waals surface area contributed by atoms with E-state index < -0.39 is 11.9 Å². The fourth-order valence-corrected chi connectivity index (χ4v) is 3.32. The van der Waals surface area contributed by atoms with Crippen LogP contribution in [0.3, 0.4) is 0 Å². The number of carbonyl (C=O) groups is 3. The van der Waals surface area contributed by atoms with E-state index >= 15 is 0 Å². The van der Waals surface area contributed by atoms with E-state index in [4.69, 9.17) is 4.42 Å². The molecule has 7 heteroatoms. The van der Waals surface area contributed by atoms with Crippen molar-refractivity contribution in [3.8, 4) is 0 Å². The number of amides is 3. The molecule has 0 saturated heterocycles. The molecule has 3 aromatic rings. The minimum Gasteiger partial charge on any atom is -0.459 e. The molecule has 1 saturated carbocycles. The second-order valence-electron chi connectivity index (χ2n) is 7.96. The molecule has 1 heterocycles. The first kappa shape index (κ1) is 21.4. The number of nitrogens with one attached hydrogen (secondary N) is 3. The van der Waals surface area contributed by atoms with Gasteiger partial charge in [0.1, 0.15) is 6.04 Å². The second kappa shape index (κ2) is 9.51. The molecule has 32 heavy (non-hydrogen) atoms. The maximum Gasteiger partial charge on any atom is 0.291 e. The van der Waals surface area contributed by atoms with Crippen molar-refractivity contribution in [1.29, 1.82) is 0 Å². The molecule has 0 radical (unpaired) electrons. The Balaban J connectivity index is 1.49. The van der Waals surface area contributed by atoms with Crippen molar-refractivity contribution in [2.75, 3.05) is 5.32 Å². The lowest BCUT2D eigenvalue weighted by Gasteiger charge is -2.19. The summed E-state index contributed by atoms with van der Waals surface area (Å²) < 4.78 is 5.12. The number of hydrogen-bond acceptors (Lipinski definition) is 4. The smallest absolute Gasteiger partial charge is 0.291 e. The van der Waals surface area contributed by atoms with Gasteiger partial charge >= 0.3 is 0 Å². The van der Waals surface area contributed by atoms with Crippen LogP contribution in [0.5, 0.6) is 0 Å². The molecule has 164 valence electrons. The molecule has 1 unspecified atom stereocenters. The summed E-state index contributed by atoms with van der Waals surface area (Å²) in [4.78, 5) is 38.1. The molecule has 0 aliphatic heterocycles. The summed E-state index contributed by atoms with van der Waals surface area (Å²) in [5.74, 6) is -0.797. The summed E-state index contributed by atoms with van der Waals surface area (Å²) in [6.07, 6.45) is 3.74. The van der Waals surface area contributed by atoms with E-state index in [1.165, 1.54) is 6.26 Å². The van der Waals surface area contributed by atoms with Crippen molar-refractivity contribution in [3.63, 3.8) is 0 Å². The Bertz CT molecular complexity index is 1110. The summed E-state index contributed by atoms with van der Waals surface area (Å²) in [7, 11) is 0. The highest BCUT2D eigenvalue weighted by atomic mass is 16.3. The summed E-state index contributed by atoms with van der Waals surface area (Å²) in [6.45, 7) is 1.83. The summed E-state index contributed by atoms with van der Waals surface area (Å²) >= 11 is 0. The van der Waals surface area contributed by atoms with Crippen LogP contribution in [0.1, 0.15) is 44.9 Å². The topological polar surface area (TPSA) is 100 Å². The zero-order valence-electron chi connectivity index (χ0n) is 17.8. The van der Waals surface area contributed by atoms with Gasteiger partial charge in [0.05, 0.1) is 6.26 Å². The van der Waals surface area contributed by atoms with Crippen LogP contribution in [-0.4, -0.2) is 29.8 Å². The van der Waals surface area contributed by atoms with Gasteiger partial charge < -0.3 is 20.4 Å². The highest BCUT2D eigenvalue weighted by Gasteiger charge is 2.29. The Hall–Kier alpha value is -3.87. The third kappa shape index (κ3) is 5.43. The Morgan fingerprint density at radius 2 is 1.78 bits per heavy atom. The van der Waals surface area contributed by atoms with Crippen LogP contribution in [0, 0.1) is 6.92 Å². The second-order valence-corrected chi connectivity index (χ2v) is 7.96. The van der Waals surface area contributed by atoms with Gasteiger partial charge in [-0.2, -0.15) is 0 Å². The molecular weight excluding hydrogens is 406 g/mol. The molecule has 3 amide bonds. The van der Waals surface area contributed by atoms with Gasteiger partial charge in [-0.1, -0.05) is 36.4 Å². The Labute approximate surface area is 186 Å². The zero-order valence-corrected chi connectivity index (χ0v) is 17.8. The highest BCUT2D eigenvalue weighted by Crippen LogP contribution is 2.20. The molecule has 7 nitrogen and oxygen atoms in total. The minimum absolute atomic E-state index is 0.180. The summed E-state index contributed by atoms with van der Waals surface area (Å²) in [6, 6.07) is 17.3. The molecule has 1 aromatic heterocycles. The van der Waals surface area contributed by atoms with E-state index in [0.29, 0.717) is 17.7 Å². The third-order valence-corrected chi connectivity index (χ3v) is 5.32. The molecule has 4 rings (SSSR count). The van der Waals surface area contributed by atoms with Gasteiger partial charge in [0, 0.05) is 23.7 Å². The van der Waals surface area contributed by atoms with Crippen LogP contribution < -0.4 is 16.0 Å². The van der Waals surface area contributed by atoms with Crippen LogP contribution >= 0.6 is 0 Å². The van der Waals surface area contributed by atoms with Gasteiger partial charge in [0.15, 0.2) is 5.76 Å². The maximum absolute atomic E-state index is 13.0. The number of anilines is 1. The molecule has 0 spiro atoms. The standard InChI is InChI=1S/C25H25N3O4/c1-16-9-10-18(15-20(16)27-25(31)22-8-5-13-32-22)23(29)28-21(24(30)26-19-11-12-19)14-17-6-3-2-4-7-17/h2-10,13,15,19,21H,11-12,14H2,1H3,(H,26,30)(H,27,31)(H,28,29). The van der Waals surface area contributed by atoms with Crippen molar-refractivity contribution in [2.24, 2.45) is 0 Å². The van der Waals surface area contributed by atoms with E-state index in [1.54, 1.807) is 30.3 Å². The summed E-state index contributed by atoms with van der Waals surface area (Å²) in [5, 5.41) is 8.60. The van der Waals surface area contributed by atoms with Crippen LogP contribution in [-0.2, 0) is 11.2 Å². The van der Waals surface area contributed by atoms with Crippen LogP contribution in [0.4, 0.5) is 5.69 Å². The number of aryl methyl sites for hydroxylation is 1. The van der Waals surface area contributed by atoms with Crippen molar-refractivity contribution >= 4 is 23.4 Å². The third-order valence-electron chi connectivity index (χ3n) is 5.32. The van der Waals surface area contributed by atoms with Crippen molar-refractivity contribution in [1.82, 2.24) is 10.6 Å². The van der Waals surface area contributed by atoms with Gasteiger partial charge in [-0.15, -0.1) is 0 Å². The lowest BCUT2D eigenvalue weighted by atomic mass is 10.0. The molecule has 3 N–H and O–H groups in total. The van der Waals surface area contributed by atoms with E-state index in [2.05, 4.69) is 16.0 Å². The molecule has 1 atom stereocenters. The van der Waals surface area contributed by atoms with Gasteiger partial charge in [-0.3, -0.25) is 14.4 Å². The monoisotopic (exact) mass is 431 g/mol. The highest BCUT2D eigenvalue weighted by molar-refractivity contribution is 6.04. The Kier molecular flexibility index (Phi) is 6.35. The first-order chi connectivity index (χ1) is 15.5. The van der Waals surface area contributed by atoms with Crippen LogP contribution in [0.2, 0.25) is 0 Å². The van der Waals surface area contributed by atoms with E-state index in [9.17, 15) is 14.4 Å². The Morgan fingerprint density at radius 3 is 2.47 bits per heavy atom. The van der Waals surface area contributed by atoms with E-state index in [-0.39, 0.29) is 23.6 Å². The molecule has 1 aliphatic rings. The first-order valence-electron chi connectivity index (χ1n) is 10.6. The lowest BCUT2D eigenvalue weighted by Crippen LogP contribution is -2.48. The molecular formula is C25H25N3O4. The predicted octanol–water partition coefficient (Wildman–Crippen LogP) is 3.46. The van der Waals surface area contributed by atoms with Crippen molar-refractivity contribution < 1.29 is 18.8 Å². The molecule has 2 aromatic carbocycles. The summed E-state index contributed by atoms with van der Waals surface area (Å²) in [5.41, 5.74) is 2.61. The fraction of sp³-hybridized carbons (Fsp3) is 0.240. The van der Waals surface area contributed by atoms with Gasteiger partial charge in [-0.25, -0.2) is 0 Å². The van der Waals surface area contributed by atoms with Gasteiger partial charge in [0.25, 0.3) is 11.8 Å². The van der Waals surface area contributed by atoms with E-state index in [1.807, 2.05) is 37.3 Å². The molecule has 1 fully saturated rings. The number of rotatable bonds is 8. The molecule has 0 bridgehead atoms. The number of benzene rings is 2.